The molecule has 1 aliphatic heterocycles. The summed E-state index contributed by atoms with van der Waals surface area (Å²) in [6.07, 6.45) is 5.21. The van der Waals surface area contributed by atoms with E-state index in [1.165, 1.54) is 0 Å². The van der Waals surface area contributed by atoms with Crippen molar-refractivity contribution < 1.29 is 13.2 Å². The number of Topliss-reactive ketones (excluding diaryl/α,β-unsaturated/α-hetero) is 1. The lowest BCUT2D eigenvalue weighted by Gasteiger charge is -2.46. The first kappa shape index (κ1) is 21.3. The number of piperidine rings is 1. The van der Waals surface area contributed by atoms with Gasteiger partial charge in [0.05, 0.1) is 5.75 Å². The second-order valence-electron chi connectivity index (χ2n) is 11.3. The standard InChI is InChI=1S/C21H38N2O3S/c1-18(2)12-15(13-19(3,4)23-18)8-10-22-27(25,26)14-21-9-7-16(11-17(21)24)20(21,5)6/h15-16,22-23H,7-14H2,1-6H3/t16-,21-/m1/s1. The van der Waals surface area contributed by atoms with Gasteiger partial charge in [0, 0.05) is 29.5 Å². The van der Waals surface area contributed by atoms with Gasteiger partial charge in [-0.2, -0.15) is 0 Å². The van der Waals surface area contributed by atoms with Crippen molar-refractivity contribution >= 4 is 15.8 Å². The van der Waals surface area contributed by atoms with Crippen molar-refractivity contribution in [3.8, 4) is 0 Å². The molecule has 0 radical (unpaired) electrons. The molecule has 0 aromatic heterocycles. The van der Waals surface area contributed by atoms with Gasteiger partial charge in [0.2, 0.25) is 10.0 Å². The fourth-order valence-electron chi connectivity index (χ4n) is 6.64. The van der Waals surface area contributed by atoms with Gasteiger partial charge in [-0.3, -0.25) is 4.79 Å². The first-order chi connectivity index (χ1) is 12.2. The van der Waals surface area contributed by atoms with Crippen LogP contribution in [0.4, 0.5) is 0 Å². The molecule has 5 nitrogen and oxygen atoms in total. The van der Waals surface area contributed by atoms with E-state index < -0.39 is 15.4 Å². The van der Waals surface area contributed by atoms with Gasteiger partial charge in [-0.1, -0.05) is 13.8 Å². The molecule has 0 aromatic carbocycles. The van der Waals surface area contributed by atoms with Crippen LogP contribution in [0.25, 0.3) is 0 Å². The minimum atomic E-state index is -3.46. The molecule has 2 aliphatic carbocycles. The average Bonchev–Trinajstić information content (AvgIpc) is 2.77. The Labute approximate surface area is 165 Å². The minimum Gasteiger partial charge on any atom is -0.307 e. The highest BCUT2D eigenvalue weighted by molar-refractivity contribution is 7.89. The molecule has 0 spiro atoms. The summed E-state index contributed by atoms with van der Waals surface area (Å²) in [5, 5.41) is 3.67. The molecule has 2 bridgehead atoms. The lowest BCUT2D eigenvalue weighted by molar-refractivity contribution is -0.128. The molecule has 1 heterocycles. The third kappa shape index (κ3) is 3.99. The highest BCUT2D eigenvalue weighted by Crippen LogP contribution is 2.64. The molecule has 3 rings (SSSR count). The Hall–Kier alpha value is -0.460. The van der Waals surface area contributed by atoms with Gasteiger partial charge in [-0.15, -0.1) is 0 Å². The first-order valence-electron chi connectivity index (χ1n) is 10.5. The summed E-state index contributed by atoms with van der Waals surface area (Å²) >= 11 is 0. The normalized spacial score (nSPS) is 34.9. The summed E-state index contributed by atoms with van der Waals surface area (Å²) in [5.41, 5.74) is -0.739. The number of fused-ring (bicyclic) bond motifs is 2. The molecule has 2 atom stereocenters. The monoisotopic (exact) mass is 398 g/mol. The molecule has 156 valence electrons. The van der Waals surface area contributed by atoms with Crippen LogP contribution in [-0.4, -0.2) is 37.6 Å². The van der Waals surface area contributed by atoms with Crippen molar-refractivity contribution in [2.75, 3.05) is 12.3 Å². The molecule has 0 unspecified atom stereocenters. The van der Waals surface area contributed by atoms with Gasteiger partial charge in [-0.25, -0.2) is 13.1 Å². The third-order valence-corrected chi connectivity index (χ3v) is 9.24. The molecule has 2 saturated carbocycles. The van der Waals surface area contributed by atoms with Crippen LogP contribution in [0, 0.1) is 22.7 Å². The molecule has 2 N–H and O–H groups in total. The SMILES string of the molecule is CC1(C)CC(CCNS(=O)(=O)C[C@]23CC[C@H](CC2=O)C3(C)C)CC(C)(C)N1. The second-order valence-corrected chi connectivity index (χ2v) is 13.1. The second kappa shape index (κ2) is 6.53. The van der Waals surface area contributed by atoms with E-state index in [0.717, 1.165) is 32.1 Å². The third-order valence-electron chi connectivity index (χ3n) is 7.72. The predicted octanol–water partition coefficient (Wildman–Crippen LogP) is 3.25. The Bertz CT molecular complexity index is 695. The number of rotatable bonds is 6. The molecule has 0 aromatic rings. The summed E-state index contributed by atoms with van der Waals surface area (Å²) in [7, 11) is -3.46. The molecule has 3 aliphatic rings. The molecule has 3 fully saturated rings. The zero-order valence-corrected chi connectivity index (χ0v) is 18.8. The van der Waals surface area contributed by atoms with Crippen LogP contribution >= 0.6 is 0 Å². The number of ketones is 1. The van der Waals surface area contributed by atoms with E-state index in [1.807, 2.05) is 0 Å². The minimum absolute atomic E-state index is 0.0362. The summed E-state index contributed by atoms with van der Waals surface area (Å²) in [5.74, 6) is 0.971. The zero-order valence-electron chi connectivity index (χ0n) is 17.9. The van der Waals surface area contributed by atoms with E-state index in [0.29, 0.717) is 24.8 Å². The van der Waals surface area contributed by atoms with Crippen LogP contribution in [0.1, 0.15) is 80.1 Å². The van der Waals surface area contributed by atoms with Crippen molar-refractivity contribution in [2.24, 2.45) is 22.7 Å². The molecule has 1 saturated heterocycles. The Morgan fingerprint density at radius 2 is 1.67 bits per heavy atom. The van der Waals surface area contributed by atoms with Crippen LogP contribution in [0.3, 0.4) is 0 Å². The molecule has 6 heteroatoms. The molecule has 0 amide bonds. The van der Waals surface area contributed by atoms with E-state index >= 15 is 0 Å². The fourth-order valence-corrected chi connectivity index (χ4v) is 8.50. The summed E-state index contributed by atoms with van der Waals surface area (Å²) < 4.78 is 28.5. The molecular formula is C21H38N2O3S. The number of hydrogen-bond acceptors (Lipinski definition) is 4. The Balaban J connectivity index is 1.59. The smallest absolute Gasteiger partial charge is 0.212 e. The van der Waals surface area contributed by atoms with E-state index in [1.54, 1.807) is 0 Å². The van der Waals surface area contributed by atoms with Gasteiger partial charge in [0.25, 0.3) is 0 Å². The molecule has 27 heavy (non-hydrogen) atoms. The van der Waals surface area contributed by atoms with E-state index in [9.17, 15) is 13.2 Å². The maximum absolute atomic E-state index is 12.8. The van der Waals surface area contributed by atoms with Crippen LogP contribution in [0.5, 0.6) is 0 Å². The summed E-state index contributed by atoms with van der Waals surface area (Å²) in [6.45, 7) is 13.5. The van der Waals surface area contributed by atoms with Crippen molar-refractivity contribution in [1.82, 2.24) is 10.0 Å². The number of sulfonamides is 1. The number of nitrogens with one attached hydrogen (secondary N) is 2. The highest BCUT2D eigenvalue weighted by Gasteiger charge is 2.65. The number of carbonyl (C=O) groups is 1. The lowest BCUT2D eigenvalue weighted by atomic mass is 9.70. The first-order valence-corrected chi connectivity index (χ1v) is 12.1. The van der Waals surface area contributed by atoms with Crippen LogP contribution in [-0.2, 0) is 14.8 Å². The topological polar surface area (TPSA) is 75.3 Å². The van der Waals surface area contributed by atoms with Crippen LogP contribution in [0.2, 0.25) is 0 Å². The van der Waals surface area contributed by atoms with E-state index in [2.05, 4.69) is 51.6 Å². The quantitative estimate of drug-likeness (QED) is 0.720. The van der Waals surface area contributed by atoms with Crippen molar-refractivity contribution in [2.45, 2.75) is 91.1 Å². The van der Waals surface area contributed by atoms with Crippen molar-refractivity contribution in [3.05, 3.63) is 0 Å². The average molecular weight is 399 g/mol. The van der Waals surface area contributed by atoms with Gasteiger partial charge in [0.15, 0.2) is 0 Å². The maximum Gasteiger partial charge on any atom is 0.212 e. The van der Waals surface area contributed by atoms with Crippen LogP contribution < -0.4 is 10.0 Å². The van der Waals surface area contributed by atoms with E-state index in [4.69, 9.17) is 0 Å². The van der Waals surface area contributed by atoms with Crippen molar-refractivity contribution in [3.63, 3.8) is 0 Å². The van der Waals surface area contributed by atoms with Gasteiger partial charge in [0.1, 0.15) is 5.78 Å². The fraction of sp³-hybridized carbons (Fsp3) is 0.952. The van der Waals surface area contributed by atoms with E-state index in [-0.39, 0.29) is 28.0 Å². The zero-order chi connectivity index (χ0) is 20.3. The van der Waals surface area contributed by atoms with Gasteiger partial charge < -0.3 is 5.32 Å². The largest absolute Gasteiger partial charge is 0.307 e. The van der Waals surface area contributed by atoms with Crippen molar-refractivity contribution in [1.29, 1.82) is 0 Å². The molecular weight excluding hydrogens is 360 g/mol. The highest BCUT2D eigenvalue weighted by atomic mass is 32.2. The summed E-state index contributed by atoms with van der Waals surface area (Å²) in [6, 6.07) is 0. The summed E-state index contributed by atoms with van der Waals surface area (Å²) in [4.78, 5) is 12.6. The number of carbonyl (C=O) groups excluding carboxylic acids is 1. The van der Waals surface area contributed by atoms with Crippen LogP contribution in [0.15, 0.2) is 0 Å². The number of hydrogen-bond donors (Lipinski definition) is 2. The Kier molecular flexibility index (Phi) is 5.14. The predicted molar refractivity (Wildman–Crippen MR) is 109 cm³/mol. The maximum atomic E-state index is 12.8. The Morgan fingerprint density at radius 3 is 2.15 bits per heavy atom. The van der Waals surface area contributed by atoms with Gasteiger partial charge >= 0.3 is 0 Å². The lowest BCUT2D eigenvalue weighted by Crippen LogP contribution is -2.58. The Morgan fingerprint density at radius 1 is 1.07 bits per heavy atom. The van der Waals surface area contributed by atoms with Gasteiger partial charge in [-0.05, 0) is 77.0 Å².